The molecule has 0 amide bonds. The summed E-state index contributed by atoms with van der Waals surface area (Å²) < 4.78 is 1.96. The van der Waals surface area contributed by atoms with E-state index in [9.17, 15) is 0 Å². The number of aromatic nitrogens is 3. The molecule has 0 aromatic carbocycles. The van der Waals surface area contributed by atoms with E-state index >= 15 is 0 Å². The van der Waals surface area contributed by atoms with Crippen LogP contribution in [-0.2, 0) is 10.8 Å². The van der Waals surface area contributed by atoms with E-state index in [1.807, 2.05) is 0 Å². The second-order valence-corrected chi connectivity index (χ2v) is 10.2. The Morgan fingerprint density at radius 3 is 1.81 bits per heavy atom. The maximum absolute atomic E-state index is 5.84. The van der Waals surface area contributed by atoms with E-state index in [0.717, 1.165) is 0 Å². The Hall–Kier alpha value is -2.11. The molecule has 0 spiro atoms. The summed E-state index contributed by atoms with van der Waals surface area (Å²) in [6.45, 7) is 0. The topological polar surface area (TPSA) is 273 Å². The summed E-state index contributed by atoms with van der Waals surface area (Å²) >= 11 is -1.57. The Balaban J connectivity index is 3.07. The van der Waals surface area contributed by atoms with Crippen molar-refractivity contribution in [2.75, 3.05) is 0 Å². The third kappa shape index (κ3) is 7.42. The molecule has 148 valence electrons. The van der Waals surface area contributed by atoms with Crippen molar-refractivity contribution in [1.29, 1.82) is 0 Å². The summed E-state index contributed by atoms with van der Waals surface area (Å²) in [6, 6.07) is 0. The van der Waals surface area contributed by atoms with Crippen molar-refractivity contribution >= 4 is 0 Å². The average Bonchev–Trinajstić information content (AvgIpc) is 2.56. The molecule has 1 rings (SSSR count). The van der Waals surface area contributed by atoms with Gasteiger partial charge in [-0.15, -0.1) is 0 Å². The number of allylic oxidation sites excluding steroid dienone is 1. The quantitative estimate of drug-likeness (QED) is 0.0776. The van der Waals surface area contributed by atoms with Gasteiger partial charge in [0.15, 0.2) is 0 Å². The number of nitrogens with two attached hydrogens (primary N) is 9. The van der Waals surface area contributed by atoms with Crippen LogP contribution in [0.25, 0.3) is 0 Å². The molecule has 0 bridgehead atoms. The van der Waals surface area contributed by atoms with Crippen molar-refractivity contribution in [3.8, 4) is 0 Å². The normalized spacial score (nSPS) is 10.5. The fraction of sp³-hybridized carbons (Fsp3) is 0.250. The molecule has 18 N–H and O–H groups in total. The van der Waals surface area contributed by atoms with Crippen molar-refractivity contribution in [3.05, 3.63) is 46.0 Å². The first-order valence-electron chi connectivity index (χ1n) is 7.08. The van der Waals surface area contributed by atoms with Gasteiger partial charge in [0.1, 0.15) is 0 Å². The van der Waals surface area contributed by atoms with Crippen molar-refractivity contribution in [3.63, 3.8) is 0 Å². The summed E-state index contributed by atoms with van der Waals surface area (Å²) in [5.74, 6) is 1.40. The fourth-order valence-electron chi connectivity index (χ4n) is 1.40. The molecule has 0 aliphatic heterocycles. The molecule has 0 aliphatic rings. The maximum atomic E-state index is 5.84. The number of nitrogens with zero attached hydrogens (tertiary/aromatic N) is 3. The Morgan fingerprint density at radius 2 is 1.27 bits per heavy atom. The van der Waals surface area contributed by atoms with Crippen molar-refractivity contribution in [2.24, 2.45) is 51.6 Å². The van der Waals surface area contributed by atoms with Crippen LogP contribution in [0.15, 0.2) is 30.6 Å². The van der Waals surface area contributed by atoms with Gasteiger partial charge in [0, 0.05) is 0 Å². The molecule has 0 saturated carbocycles. The van der Waals surface area contributed by atoms with Crippen LogP contribution in [0, 0.1) is 3.83 Å². The summed E-state index contributed by atoms with van der Waals surface area (Å²) in [5, 5.41) is 0. The molecule has 0 saturated heterocycles. The predicted octanol–water partition coefficient (Wildman–Crippen LogP) is -10.3. The van der Waals surface area contributed by atoms with Crippen LogP contribution in [0.2, 0.25) is 0 Å². The Labute approximate surface area is 171 Å². The molecule has 0 unspecified atom stereocenters. The molecule has 0 atom stereocenters. The summed E-state index contributed by atoms with van der Waals surface area (Å²) in [6.07, 6.45) is 0.862. The number of halogens is 2. The molecule has 1 aromatic heterocycles. The van der Waals surface area contributed by atoms with Gasteiger partial charge in [0.2, 0.25) is 0 Å². The SMILES string of the molecule is NC(N)=C(N)CCc1nc(C[I-]C(N)=C(N)N)nc([I-]C(N)=C(N)N)n1. The predicted molar refractivity (Wildman–Crippen MR) is 89.3 cm³/mol. The van der Waals surface area contributed by atoms with Crippen molar-refractivity contribution in [1.82, 2.24) is 15.0 Å². The van der Waals surface area contributed by atoms with E-state index in [1.54, 1.807) is 0 Å². The molecular formula is C12H24I2N12-2. The minimum absolute atomic E-state index is 0.0694. The third-order valence-electron chi connectivity index (χ3n) is 2.76. The van der Waals surface area contributed by atoms with Crippen LogP contribution in [0.4, 0.5) is 0 Å². The van der Waals surface area contributed by atoms with Gasteiger partial charge in [-0.3, -0.25) is 0 Å². The first kappa shape index (κ1) is 21.9. The van der Waals surface area contributed by atoms with Crippen LogP contribution >= 0.6 is 0 Å². The summed E-state index contributed by atoms with van der Waals surface area (Å²) in [7, 11) is 0. The summed E-state index contributed by atoms with van der Waals surface area (Å²) in [4.78, 5) is 13.3. The monoisotopic (exact) mass is 590 g/mol. The van der Waals surface area contributed by atoms with Crippen LogP contribution in [0.5, 0.6) is 0 Å². The second-order valence-electron chi connectivity index (χ2n) is 4.89. The molecule has 0 radical (unpaired) electrons. The minimum atomic E-state index is -0.918. The fourth-order valence-corrected chi connectivity index (χ4v) is 4.56. The number of aryl methyl sites for hydroxylation is 1. The van der Waals surface area contributed by atoms with Crippen LogP contribution in [-0.4, -0.2) is 15.0 Å². The molecule has 14 heteroatoms. The Bertz CT molecular complexity index is 683. The van der Waals surface area contributed by atoms with Crippen LogP contribution in [0.1, 0.15) is 18.1 Å². The molecule has 0 aliphatic carbocycles. The van der Waals surface area contributed by atoms with Gasteiger partial charge >= 0.3 is 172 Å². The molecular weight excluding hydrogens is 566 g/mol. The number of hydrogen-bond donors (Lipinski definition) is 9. The Kier molecular flexibility index (Phi) is 8.55. The average molecular weight is 590 g/mol. The zero-order valence-corrected chi connectivity index (χ0v) is 18.2. The van der Waals surface area contributed by atoms with E-state index in [0.29, 0.717) is 45.9 Å². The van der Waals surface area contributed by atoms with Crippen molar-refractivity contribution < 1.29 is 42.4 Å². The van der Waals surface area contributed by atoms with E-state index < -0.39 is 42.4 Å². The first-order valence-corrected chi connectivity index (χ1v) is 11.8. The number of alkyl halides is 1. The molecule has 26 heavy (non-hydrogen) atoms. The van der Waals surface area contributed by atoms with Gasteiger partial charge in [0.25, 0.3) is 0 Å². The zero-order valence-electron chi connectivity index (χ0n) is 13.9. The van der Waals surface area contributed by atoms with E-state index in [4.69, 9.17) is 51.6 Å². The van der Waals surface area contributed by atoms with E-state index in [-0.39, 0.29) is 17.5 Å². The van der Waals surface area contributed by atoms with E-state index in [2.05, 4.69) is 15.0 Å². The molecule has 0 fully saturated rings. The van der Waals surface area contributed by atoms with Gasteiger partial charge in [0.05, 0.1) is 0 Å². The standard InChI is InChI=1S/C12H24I2N12/c15-4(9(18)19)1-2-5-24-6(3-13-7(16)10(20)21)26-12(25-5)14-8(17)11(22)23/h1-3,15-23H2/q-2. The second kappa shape index (κ2) is 10.1. The zero-order chi connectivity index (χ0) is 19.9. The van der Waals surface area contributed by atoms with Gasteiger partial charge in [-0.2, -0.15) is 0 Å². The Morgan fingerprint density at radius 1 is 0.692 bits per heavy atom. The number of rotatable bonds is 8. The van der Waals surface area contributed by atoms with Crippen molar-refractivity contribution in [2.45, 2.75) is 17.3 Å². The van der Waals surface area contributed by atoms with Gasteiger partial charge in [-0.1, -0.05) is 0 Å². The van der Waals surface area contributed by atoms with Gasteiger partial charge in [-0.05, 0) is 0 Å². The van der Waals surface area contributed by atoms with Gasteiger partial charge in [-0.25, -0.2) is 0 Å². The number of hydrogen-bond acceptors (Lipinski definition) is 12. The first-order chi connectivity index (χ1) is 12.1. The van der Waals surface area contributed by atoms with Crippen LogP contribution in [0.3, 0.4) is 0 Å². The summed E-state index contributed by atoms with van der Waals surface area (Å²) in [5.41, 5.74) is 50.7. The molecule has 1 heterocycles. The van der Waals surface area contributed by atoms with E-state index in [1.165, 1.54) is 0 Å². The molecule has 1 aromatic rings. The third-order valence-corrected chi connectivity index (χ3v) is 7.43. The van der Waals surface area contributed by atoms with Crippen LogP contribution < -0.4 is 94.0 Å². The molecule has 12 nitrogen and oxygen atoms in total. The van der Waals surface area contributed by atoms with Gasteiger partial charge < -0.3 is 0 Å².